The summed E-state index contributed by atoms with van der Waals surface area (Å²) in [6.45, 7) is 5.72. The van der Waals surface area contributed by atoms with Crippen LogP contribution in [0.15, 0.2) is 77.9 Å². The molecule has 3 aromatic carbocycles. The van der Waals surface area contributed by atoms with E-state index < -0.39 is 0 Å². The van der Waals surface area contributed by atoms with Crippen LogP contribution < -0.4 is 19.6 Å². The minimum Gasteiger partial charge on any atom is -0.457 e. The van der Waals surface area contributed by atoms with Crippen LogP contribution in [0.2, 0.25) is 0 Å². The van der Waals surface area contributed by atoms with Gasteiger partial charge in [-0.2, -0.15) is 5.10 Å². The van der Waals surface area contributed by atoms with Gasteiger partial charge >= 0.3 is 0 Å². The Morgan fingerprint density at radius 2 is 1.67 bits per heavy atom. The fourth-order valence-electron chi connectivity index (χ4n) is 4.25. The lowest BCUT2D eigenvalue weighted by Gasteiger charge is -2.34. The van der Waals surface area contributed by atoms with Crippen molar-refractivity contribution in [3.05, 3.63) is 83.9 Å². The van der Waals surface area contributed by atoms with Gasteiger partial charge in [0.25, 0.3) is 0 Å². The molecule has 8 heteroatoms. The molecule has 0 unspecified atom stereocenters. The lowest BCUT2D eigenvalue weighted by Crippen LogP contribution is -2.46. The number of hydrogen-bond acceptors (Lipinski definition) is 7. The minimum absolute atomic E-state index is 0.0919. The molecule has 36 heavy (non-hydrogen) atoms. The average Bonchev–Trinajstić information content (AvgIpc) is 3.37. The molecule has 0 bridgehead atoms. The van der Waals surface area contributed by atoms with Crippen molar-refractivity contribution in [1.82, 2.24) is 15.2 Å². The maximum atomic E-state index is 12.3. The molecule has 3 aromatic rings. The highest BCUT2D eigenvalue weighted by atomic mass is 16.7. The van der Waals surface area contributed by atoms with Crippen molar-refractivity contribution in [2.24, 2.45) is 5.10 Å². The molecule has 1 saturated heterocycles. The third-order valence-corrected chi connectivity index (χ3v) is 6.20. The Balaban J connectivity index is 1.01. The van der Waals surface area contributed by atoms with Crippen LogP contribution in [0.5, 0.6) is 23.0 Å². The summed E-state index contributed by atoms with van der Waals surface area (Å²) in [4.78, 5) is 17.0. The number of benzene rings is 3. The van der Waals surface area contributed by atoms with Crippen molar-refractivity contribution in [3.8, 4) is 23.0 Å². The maximum Gasteiger partial charge on any atom is 0.241 e. The van der Waals surface area contributed by atoms with Gasteiger partial charge in [-0.1, -0.05) is 36.4 Å². The second-order valence-electron chi connectivity index (χ2n) is 8.84. The molecule has 0 aromatic heterocycles. The van der Waals surface area contributed by atoms with Crippen molar-refractivity contribution in [1.29, 1.82) is 0 Å². The molecule has 186 valence electrons. The highest BCUT2D eigenvalue weighted by molar-refractivity contribution is 5.82. The second kappa shape index (κ2) is 11.7. The number of nitrogens with one attached hydrogen (secondary N) is 1. The van der Waals surface area contributed by atoms with E-state index in [1.54, 1.807) is 6.21 Å². The smallest absolute Gasteiger partial charge is 0.241 e. The number of piperazine rings is 1. The van der Waals surface area contributed by atoms with E-state index in [9.17, 15) is 4.79 Å². The number of hydrogen-bond donors (Lipinski definition) is 1. The van der Waals surface area contributed by atoms with E-state index in [1.807, 2.05) is 60.7 Å². The van der Waals surface area contributed by atoms with Crippen LogP contribution in [-0.4, -0.2) is 61.4 Å². The monoisotopic (exact) mass is 486 g/mol. The zero-order valence-electron chi connectivity index (χ0n) is 20.1. The maximum absolute atomic E-state index is 12.3. The quantitative estimate of drug-likeness (QED) is 0.366. The summed E-state index contributed by atoms with van der Waals surface area (Å²) in [6, 6.07) is 23.3. The van der Waals surface area contributed by atoms with Crippen molar-refractivity contribution in [2.45, 2.75) is 13.0 Å². The molecule has 2 aliphatic rings. The predicted molar refractivity (Wildman–Crippen MR) is 138 cm³/mol. The number of para-hydroxylation sites is 1. The van der Waals surface area contributed by atoms with E-state index in [1.165, 1.54) is 5.56 Å². The van der Waals surface area contributed by atoms with E-state index in [0.717, 1.165) is 62.1 Å². The summed E-state index contributed by atoms with van der Waals surface area (Å²) in [7, 11) is 0. The molecule has 1 fully saturated rings. The molecule has 2 heterocycles. The summed E-state index contributed by atoms with van der Waals surface area (Å²) in [6.07, 6.45) is 2.04. The van der Waals surface area contributed by atoms with E-state index in [0.29, 0.717) is 19.0 Å². The largest absolute Gasteiger partial charge is 0.457 e. The number of fused-ring (bicyclic) bond motifs is 1. The second-order valence-corrected chi connectivity index (χ2v) is 8.84. The fourth-order valence-corrected chi connectivity index (χ4v) is 4.25. The Kier molecular flexibility index (Phi) is 7.75. The summed E-state index contributed by atoms with van der Waals surface area (Å²) < 4.78 is 16.7. The zero-order valence-corrected chi connectivity index (χ0v) is 20.1. The Hall–Kier alpha value is -3.88. The van der Waals surface area contributed by atoms with Crippen LogP contribution in [0.3, 0.4) is 0 Å². The Morgan fingerprint density at radius 1 is 0.889 bits per heavy atom. The molecule has 1 N–H and O–H groups in total. The van der Waals surface area contributed by atoms with Crippen LogP contribution in [0.4, 0.5) is 0 Å². The molecule has 0 spiro atoms. The summed E-state index contributed by atoms with van der Waals surface area (Å²) in [5.74, 6) is 3.04. The van der Waals surface area contributed by atoms with Crippen molar-refractivity contribution in [2.75, 3.05) is 39.5 Å². The number of carbonyl (C=O) groups is 1. The van der Waals surface area contributed by atoms with Gasteiger partial charge in [0.05, 0.1) is 6.21 Å². The number of hydrazone groups is 1. The Morgan fingerprint density at radius 3 is 2.53 bits per heavy atom. The number of nitrogens with zero attached hydrogens (tertiary/aromatic N) is 3. The number of ether oxygens (including phenoxy) is 3. The third kappa shape index (κ3) is 6.62. The summed E-state index contributed by atoms with van der Waals surface area (Å²) >= 11 is 0. The van der Waals surface area contributed by atoms with Crippen LogP contribution in [0.25, 0.3) is 0 Å². The first-order chi connectivity index (χ1) is 17.7. The van der Waals surface area contributed by atoms with Gasteiger partial charge in [0.1, 0.15) is 11.5 Å². The van der Waals surface area contributed by atoms with Gasteiger partial charge in [-0.25, -0.2) is 5.43 Å². The molecular formula is C28H30N4O4. The first-order valence-corrected chi connectivity index (χ1v) is 12.2. The summed E-state index contributed by atoms with van der Waals surface area (Å²) in [5.41, 5.74) is 4.71. The van der Waals surface area contributed by atoms with Gasteiger partial charge in [-0.15, -0.1) is 0 Å². The lowest BCUT2D eigenvalue weighted by molar-refractivity contribution is -0.121. The normalized spacial score (nSPS) is 15.8. The van der Waals surface area contributed by atoms with Gasteiger partial charge in [0, 0.05) is 45.7 Å². The standard InChI is InChI=1S/C28H30N4O4/c33-28(30-29-19-22-5-4-8-25(17-22)36-24-6-2-1-3-7-24)11-12-31-13-15-32(16-14-31)20-23-9-10-26-27(18-23)35-21-34-26/h1-10,17-19H,11-16,20-21H2,(H,30,33)/b29-19+. The SMILES string of the molecule is O=C(CCN1CCN(Cc2ccc3c(c2)OCO3)CC1)N/N=C/c1cccc(Oc2ccccc2)c1. The van der Waals surface area contributed by atoms with Crippen LogP contribution in [-0.2, 0) is 11.3 Å². The number of amides is 1. The Bertz CT molecular complexity index is 1190. The predicted octanol–water partition coefficient (Wildman–Crippen LogP) is 3.87. The van der Waals surface area contributed by atoms with Crippen LogP contribution in [0, 0.1) is 0 Å². The highest BCUT2D eigenvalue weighted by Gasteiger charge is 2.19. The number of carbonyl (C=O) groups excluding carboxylic acids is 1. The van der Waals surface area contributed by atoms with Gasteiger partial charge < -0.3 is 19.1 Å². The first-order valence-electron chi connectivity index (χ1n) is 12.2. The van der Waals surface area contributed by atoms with Crippen molar-refractivity contribution < 1.29 is 19.0 Å². The molecule has 0 atom stereocenters. The van der Waals surface area contributed by atoms with Gasteiger partial charge in [-0.3, -0.25) is 9.69 Å². The molecule has 0 radical (unpaired) electrons. The molecule has 0 aliphatic carbocycles. The van der Waals surface area contributed by atoms with Crippen molar-refractivity contribution in [3.63, 3.8) is 0 Å². The zero-order chi connectivity index (χ0) is 24.6. The topological polar surface area (TPSA) is 75.6 Å². The fraction of sp³-hybridized carbons (Fsp3) is 0.286. The lowest BCUT2D eigenvalue weighted by atomic mass is 10.1. The van der Waals surface area contributed by atoms with E-state index in [4.69, 9.17) is 14.2 Å². The van der Waals surface area contributed by atoms with Crippen LogP contribution >= 0.6 is 0 Å². The first kappa shape index (κ1) is 23.8. The molecule has 1 amide bonds. The highest BCUT2D eigenvalue weighted by Crippen LogP contribution is 2.32. The summed E-state index contributed by atoms with van der Waals surface area (Å²) in [5, 5.41) is 4.11. The van der Waals surface area contributed by atoms with E-state index >= 15 is 0 Å². The van der Waals surface area contributed by atoms with Gasteiger partial charge in [0.15, 0.2) is 11.5 Å². The minimum atomic E-state index is -0.0919. The van der Waals surface area contributed by atoms with Crippen LogP contribution in [0.1, 0.15) is 17.5 Å². The molecule has 8 nitrogen and oxygen atoms in total. The average molecular weight is 487 g/mol. The molecule has 0 saturated carbocycles. The molecule has 5 rings (SSSR count). The van der Waals surface area contributed by atoms with Gasteiger partial charge in [0.2, 0.25) is 12.7 Å². The van der Waals surface area contributed by atoms with Crippen molar-refractivity contribution >= 4 is 12.1 Å². The molecular weight excluding hydrogens is 456 g/mol. The molecule has 2 aliphatic heterocycles. The van der Waals surface area contributed by atoms with E-state index in [2.05, 4.69) is 32.5 Å². The van der Waals surface area contributed by atoms with E-state index in [-0.39, 0.29) is 5.91 Å². The Labute approximate surface area is 211 Å². The van der Waals surface area contributed by atoms with Gasteiger partial charge in [-0.05, 0) is 47.5 Å². The number of rotatable bonds is 9. The third-order valence-electron chi connectivity index (χ3n) is 6.20.